The van der Waals surface area contributed by atoms with Gasteiger partial charge in [0.1, 0.15) is 5.76 Å². The predicted octanol–water partition coefficient (Wildman–Crippen LogP) is 0.667. The summed E-state index contributed by atoms with van der Waals surface area (Å²) in [6.07, 6.45) is 1.76. The molecule has 4 heteroatoms. The van der Waals surface area contributed by atoms with Crippen LogP contribution < -0.4 is 5.32 Å². The maximum atomic E-state index is 5.61. The Hall–Kier alpha value is -0.840. The fourth-order valence-corrected chi connectivity index (χ4v) is 2.71. The van der Waals surface area contributed by atoms with Crippen molar-refractivity contribution >= 4 is 0 Å². The quantitative estimate of drug-likeness (QED) is 0.758. The van der Waals surface area contributed by atoms with Crippen LogP contribution in [0.5, 0.6) is 0 Å². The average molecular weight is 222 g/mol. The van der Waals surface area contributed by atoms with Crippen LogP contribution in [0.3, 0.4) is 0 Å². The lowest BCUT2D eigenvalue weighted by molar-refractivity contribution is -0.0128. The summed E-state index contributed by atoms with van der Waals surface area (Å²) in [6, 6.07) is 4.51. The van der Waals surface area contributed by atoms with Gasteiger partial charge in [-0.05, 0) is 12.1 Å². The van der Waals surface area contributed by atoms with Crippen molar-refractivity contribution < 1.29 is 9.15 Å². The highest BCUT2D eigenvalue weighted by atomic mass is 16.5. The molecule has 0 amide bonds. The molecule has 2 aliphatic rings. The highest BCUT2D eigenvalue weighted by molar-refractivity contribution is 5.11. The number of hydrogen-bond donors (Lipinski definition) is 1. The molecule has 0 aromatic carbocycles. The molecular weight excluding hydrogens is 204 g/mol. The van der Waals surface area contributed by atoms with Gasteiger partial charge in [0.2, 0.25) is 0 Å². The Labute approximate surface area is 95.6 Å². The molecular formula is C12H18N2O2. The summed E-state index contributed by atoms with van der Waals surface area (Å²) in [7, 11) is 0. The van der Waals surface area contributed by atoms with Crippen LogP contribution in [-0.4, -0.2) is 50.3 Å². The van der Waals surface area contributed by atoms with Crippen LogP contribution in [-0.2, 0) is 4.74 Å². The van der Waals surface area contributed by atoms with Gasteiger partial charge in [-0.3, -0.25) is 4.90 Å². The number of furan rings is 1. The van der Waals surface area contributed by atoms with E-state index in [0.29, 0.717) is 12.0 Å². The van der Waals surface area contributed by atoms with Gasteiger partial charge in [0.25, 0.3) is 0 Å². The zero-order valence-electron chi connectivity index (χ0n) is 9.39. The first-order valence-corrected chi connectivity index (χ1v) is 6.01. The van der Waals surface area contributed by atoms with Gasteiger partial charge in [-0.1, -0.05) is 0 Å². The summed E-state index contributed by atoms with van der Waals surface area (Å²) in [5.74, 6) is 1.49. The molecule has 0 saturated carbocycles. The summed E-state index contributed by atoms with van der Waals surface area (Å²) in [4.78, 5) is 2.52. The molecule has 2 saturated heterocycles. The summed E-state index contributed by atoms with van der Waals surface area (Å²) in [6.45, 7) is 5.90. The van der Waals surface area contributed by atoms with Crippen LogP contribution in [0.15, 0.2) is 22.8 Å². The Balaban J connectivity index is 1.84. The third kappa shape index (κ3) is 1.88. The molecule has 1 N–H and O–H groups in total. The monoisotopic (exact) mass is 222 g/mol. The van der Waals surface area contributed by atoms with Crippen molar-refractivity contribution in [1.29, 1.82) is 0 Å². The summed E-state index contributed by atoms with van der Waals surface area (Å²) >= 11 is 0. The van der Waals surface area contributed by atoms with Gasteiger partial charge in [-0.2, -0.15) is 0 Å². The minimum atomic E-state index is 0.415. The van der Waals surface area contributed by atoms with Gasteiger partial charge in [0, 0.05) is 38.1 Å². The maximum absolute atomic E-state index is 5.61. The van der Waals surface area contributed by atoms with E-state index in [0.717, 1.165) is 45.2 Å². The van der Waals surface area contributed by atoms with E-state index in [4.69, 9.17) is 9.15 Å². The zero-order chi connectivity index (χ0) is 10.8. The number of rotatable bonds is 1. The topological polar surface area (TPSA) is 37.6 Å². The smallest absolute Gasteiger partial charge is 0.109 e. The molecule has 3 heterocycles. The van der Waals surface area contributed by atoms with E-state index in [1.54, 1.807) is 6.26 Å². The van der Waals surface area contributed by atoms with Crippen LogP contribution in [0.2, 0.25) is 0 Å². The first kappa shape index (κ1) is 10.3. The van der Waals surface area contributed by atoms with Crippen molar-refractivity contribution in [1.82, 2.24) is 10.2 Å². The third-order valence-corrected chi connectivity index (χ3v) is 3.59. The van der Waals surface area contributed by atoms with Crippen LogP contribution in [0.25, 0.3) is 0 Å². The lowest BCUT2D eigenvalue weighted by Gasteiger charge is -2.37. The second kappa shape index (κ2) is 4.57. The van der Waals surface area contributed by atoms with Crippen molar-refractivity contribution in [2.45, 2.75) is 12.0 Å². The van der Waals surface area contributed by atoms with Crippen molar-refractivity contribution in [3.05, 3.63) is 24.2 Å². The van der Waals surface area contributed by atoms with Gasteiger partial charge < -0.3 is 14.5 Å². The molecule has 16 heavy (non-hydrogen) atoms. The standard InChI is InChI=1S/C12H18N2O2/c1-2-12(16-6-1)10-8-13-3-4-14-5-7-15-9-11(10)14/h1-2,6,10-11,13H,3-5,7-9H2. The zero-order valence-corrected chi connectivity index (χ0v) is 9.39. The minimum Gasteiger partial charge on any atom is -0.469 e. The SMILES string of the molecule is c1coc(C2CNCCN3CCOCC23)c1. The van der Waals surface area contributed by atoms with Crippen LogP contribution in [0.4, 0.5) is 0 Å². The van der Waals surface area contributed by atoms with E-state index in [9.17, 15) is 0 Å². The summed E-state index contributed by atoms with van der Waals surface area (Å²) in [5, 5.41) is 3.48. The van der Waals surface area contributed by atoms with Crippen molar-refractivity contribution in [2.75, 3.05) is 39.4 Å². The molecule has 2 atom stereocenters. The Morgan fingerprint density at radius 1 is 1.38 bits per heavy atom. The lowest BCUT2D eigenvalue weighted by Crippen LogP contribution is -2.48. The van der Waals surface area contributed by atoms with E-state index in [-0.39, 0.29) is 0 Å². The number of nitrogens with one attached hydrogen (secondary N) is 1. The molecule has 0 radical (unpaired) electrons. The molecule has 0 aliphatic carbocycles. The molecule has 0 bridgehead atoms. The Morgan fingerprint density at radius 2 is 2.38 bits per heavy atom. The molecule has 2 fully saturated rings. The van der Waals surface area contributed by atoms with Gasteiger partial charge in [-0.25, -0.2) is 0 Å². The molecule has 88 valence electrons. The van der Waals surface area contributed by atoms with Gasteiger partial charge in [0.05, 0.1) is 19.5 Å². The predicted molar refractivity (Wildman–Crippen MR) is 60.5 cm³/mol. The van der Waals surface area contributed by atoms with E-state index in [2.05, 4.69) is 16.3 Å². The molecule has 2 unspecified atom stereocenters. The third-order valence-electron chi connectivity index (χ3n) is 3.59. The largest absolute Gasteiger partial charge is 0.469 e. The first-order valence-electron chi connectivity index (χ1n) is 6.01. The highest BCUT2D eigenvalue weighted by Gasteiger charge is 2.34. The van der Waals surface area contributed by atoms with Gasteiger partial charge in [0.15, 0.2) is 0 Å². The van der Waals surface area contributed by atoms with Crippen LogP contribution in [0, 0.1) is 0 Å². The normalized spacial score (nSPS) is 32.0. The number of ether oxygens (including phenoxy) is 1. The van der Waals surface area contributed by atoms with Crippen molar-refractivity contribution in [2.24, 2.45) is 0 Å². The average Bonchev–Trinajstić information content (AvgIpc) is 2.76. The molecule has 1 aromatic rings. The highest BCUT2D eigenvalue weighted by Crippen LogP contribution is 2.26. The minimum absolute atomic E-state index is 0.415. The summed E-state index contributed by atoms with van der Waals surface area (Å²) in [5.41, 5.74) is 0. The Bertz CT molecular complexity index is 326. The molecule has 3 rings (SSSR count). The van der Waals surface area contributed by atoms with Crippen molar-refractivity contribution in [3.63, 3.8) is 0 Å². The molecule has 2 aliphatic heterocycles. The van der Waals surface area contributed by atoms with Crippen LogP contribution >= 0.6 is 0 Å². The van der Waals surface area contributed by atoms with Gasteiger partial charge >= 0.3 is 0 Å². The van der Waals surface area contributed by atoms with Gasteiger partial charge in [-0.15, -0.1) is 0 Å². The first-order chi connectivity index (χ1) is 7.95. The van der Waals surface area contributed by atoms with E-state index in [1.807, 2.05) is 6.07 Å². The molecule has 1 aromatic heterocycles. The fraction of sp³-hybridized carbons (Fsp3) is 0.667. The van der Waals surface area contributed by atoms with Crippen molar-refractivity contribution in [3.8, 4) is 0 Å². The number of nitrogens with zero attached hydrogens (tertiary/aromatic N) is 1. The number of fused-ring (bicyclic) bond motifs is 1. The molecule has 0 spiro atoms. The van der Waals surface area contributed by atoms with E-state index < -0.39 is 0 Å². The van der Waals surface area contributed by atoms with E-state index in [1.165, 1.54) is 0 Å². The summed E-state index contributed by atoms with van der Waals surface area (Å²) < 4.78 is 11.2. The number of morpholine rings is 1. The molecule has 4 nitrogen and oxygen atoms in total. The second-order valence-electron chi connectivity index (χ2n) is 4.50. The van der Waals surface area contributed by atoms with Crippen LogP contribution in [0.1, 0.15) is 11.7 Å². The fourth-order valence-electron chi connectivity index (χ4n) is 2.71. The Morgan fingerprint density at radius 3 is 3.25 bits per heavy atom. The number of hydrogen-bond acceptors (Lipinski definition) is 4. The van der Waals surface area contributed by atoms with E-state index >= 15 is 0 Å². The lowest BCUT2D eigenvalue weighted by atomic mass is 9.96. The maximum Gasteiger partial charge on any atom is 0.109 e. The Kier molecular flexibility index (Phi) is 2.95. The second-order valence-corrected chi connectivity index (χ2v) is 4.50.